The lowest BCUT2D eigenvalue weighted by atomic mass is 9.99. The Morgan fingerprint density at radius 2 is 1.68 bits per heavy atom. The number of aryl methyl sites for hydroxylation is 2. The number of aliphatic hydroxyl groups is 1. The quantitative estimate of drug-likeness (QED) is 0.626. The Bertz CT molecular complexity index is 1040. The molecule has 166 valence electrons. The maximum atomic E-state index is 12.5. The third-order valence-electron chi connectivity index (χ3n) is 5.17. The topological polar surface area (TPSA) is 111 Å². The number of alkyl carbamates (subject to hydrolysis) is 1. The van der Waals surface area contributed by atoms with Crippen LogP contribution in [0.5, 0.6) is 0 Å². The first-order valence-electron chi connectivity index (χ1n) is 9.73. The zero-order valence-electron chi connectivity index (χ0n) is 16.9. The van der Waals surface area contributed by atoms with E-state index in [0.717, 1.165) is 16.0 Å². The van der Waals surface area contributed by atoms with Gasteiger partial charge in [0.05, 0.1) is 11.5 Å². The van der Waals surface area contributed by atoms with Crippen LogP contribution in [0.3, 0.4) is 0 Å². The summed E-state index contributed by atoms with van der Waals surface area (Å²) in [6.07, 6.45) is -3.77. The molecule has 4 rings (SSSR count). The highest BCUT2D eigenvalue weighted by Crippen LogP contribution is 2.36. The molecule has 2 fully saturated rings. The molecule has 5 atom stereocenters. The monoisotopic (exact) mass is 465 g/mol. The first kappa shape index (κ1) is 22.1. The average molecular weight is 466 g/mol. The minimum Gasteiger partial charge on any atom is -0.441 e. The molecule has 2 N–H and O–H groups in total. The Morgan fingerprint density at radius 1 is 1.06 bits per heavy atom. The summed E-state index contributed by atoms with van der Waals surface area (Å²) in [4.78, 5) is 12.7. The number of thioether (sulfide) groups is 1. The van der Waals surface area contributed by atoms with Crippen molar-refractivity contribution in [2.45, 2.75) is 53.4 Å². The van der Waals surface area contributed by atoms with Crippen LogP contribution >= 0.6 is 11.8 Å². The van der Waals surface area contributed by atoms with Crippen molar-refractivity contribution in [3.63, 3.8) is 0 Å². The van der Waals surface area contributed by atoms with Gasteiger partial charge in [-0.05, 0) is 38.1 Å². The zero-order chi connectivity index (χ0) is 22.2. The zero-order valence-corrected chi connectivity index (χ0v) is 18.6. The van der Waals surface area contributed by atoms with Crippen molar-refractivity contribution in [3.8, 4) is 0 Å². The molecular formula is C21H23NO7S2. The van der Waals surface area contributed by atoms with E-state index in [9.17, 15) is 18.3 Å². The minimum atomic E-state index is -4.04. The molecule has 8 nitrogen and oxygen atoms in total. The maximum Gasteiger partial charge on any atom is 0.408 e. The van der Waals surface area contributed by atoms with E-state index in [1.165, 1.54) is 23.9 Å². The molecule has 1 amide bonds. The highest BCUT2D eigenvalue weighted by atomic mass is 32.2. The molecule has 2 aliphatic heterocycles. The Morgan fingerprint density at radius 3 is 2.32 bits per heavy atom. The number of aliphatic hydroxyl groups excluding tert-OH is 1. The van der Waals surface area contributed by atoms with E-state index in [-0.39, 0.29) is 4.90 Å². The number of fused-ring (bicyclic) bond motifs is 1. The van der Waals surface area contributed by atoms with E-state index < -0.39 is 52.6 Å². The fraction of sp³-hybridized carbons (Fsp3) is 0.381. The van der Waals surface area contributed by atoms with Crippen molar-refractivity contribution in [2.24, 2.45) is 0 Å². The lowest BCUT2D eigenvalue weighted by Crippen LogP contribution is -2.59. The summed E-state index contributed by atoms with van der Waals surface area (Å²) in [6, 6.07) is 13.4. The Balaban J connectivity index is 1.49. The van der Waals surface area contributed by atoms with Gasteiger partial charge in [-0.25, -0.2) is 4.79 Å². The first-order chi connectivity index (χ1) is 14.7. The molecule has 0 saturated carbocycles. The minimum absolute atomic E-state index is 0.0146. The van der Waals surface area contributed by atoms with Crippen molar-refractivity contribution in [1.29, 1.82) is 0 Å². The van der Waals surface area contributed by atoms with Crippen molar-refractivity contribution in [1.82, 2.24) is 5.32 Å². The highest BCUT2D eigenvalue weighted by Gasteiger charge is 2.52. The standard InChI is InChI=1S/C21H23NO7S2/c1-12-3-7-14(8-4-12)30-20-17-19(29-21(24)22-17)18(23)16(28-20)11-27-31(25,26)15-9-5-13(2)6-10-15/h3-10,16-20,23H,11H2,1-2H3,(H,22,24)/t16?,17-,18?,19+,20+/m0/s1. The van der Waals surface area contributed by atoms with E-state index in [1.54, 1.807) is 12.1 Å². The molecule has 0 radical (unpaired) electrons. The summed E-state index contributed by atoms with van der Waals surface area (Å²) < 4.78 is 41.4. The Kier molecular flexibility index (Phi) is 6.27. The molecule has 2 unspecified atom stereocenters. The number of ether oxygens (including phenoxy) is 2. The van der Waals surface area contributed by atoms with Crippen LogP contribution in [0.15, 0.2) is 58.3 Å². The highest BCUT2D eigenvalue weighted by molar-refractivity contribution is 7.99. The number of amides is 1. The van der Waals surface area contributed by atoms with Crippen LogP contribution in [0.4, 0.5) is 4.79 Å². The second-order valence-corrected chi connectivity index (χ2v) is 10.3. The summed E-state index contributed by atoms with van der Waals surface area (Å²) in [7, 11) is -4.04. The summed E-state index contributed by atoms with van der Waals surface area (Å²) >= 11 is 1.36. The van der Waals surface area contributed by atoms with Gasteiger partial charge < -0.3 is 19.9 Å². The summed E-state index contributed by atoms with van der Waals surface area (Å²) in [5, 5.41) is 13.3. The van der Waals surface area contributed by atoms with E-state index in [4.69, 9.17) is 13.7 Å². The predicted octanol–water partition coefficient (Wildman–Crippen LogP) is 2.36. The van der Waals surface area contributed by atoms with Crippen LogP contribution in [-0.4, -0.2) is 56.0 Å². The number of hydrogen-bond acceptors (Lipinski definition) is 8. The van der Waals surface area contributed by atoms with Crippen molar-refractivity contribution in [2.75, 3.05) is 6.61 Å². The number of hydrogen-bond donors (Lipinski definition) is 2. The smallest absolute Gasteiger partial charge is 0.408 e. The van der Waals surface area contributed by atoms with Crippen molar-refractivity contribution in [3.05, 3.63) is 59.7 Å². The van der Waals surface area contributed by atoms with Gasteiger partial charge in [0.15, 0.2) is 6.10 Å². The predicted molar refractivity (Wildman–Crippen MR) is 113 cm³/mol. The van der Waals surface area contributed by atoms with Crippen LogP contribution in [0.2, 0.25) is 0 Å². The summed E-state index contributed by atoms with van der Waals surface area (Å²) in [5.41, 5.74) is 1.42. The van der Waals surface area contributed by atoms with E-state index in [0.29, 0.717) is 0 Å². The molecule has 0 spiro atoms. The SMILES string of the molecule is Cc1ccc(S[C@H]2OC(COS(=O)(=O)c3ccc(C)cc3)C(O)[C@@H]3OC(=O)N[C@H]23)cc1. The van der Waals surface area contributed by atoms with Crippen molar-refractivity contribution < 1.29 is 32.0 Å². The number of rotatable bonds is 6. The van der Waals surface area contributed by atoms with Gasteiger partial charge in [-0.2, -0.15) is 8.42 Å². The molecule has 0 bridgehead atoms. The van der Waals surface area contributed by atoms with E-state index in [2.05, 4.69) is 5.32 Å². The second kappa shape index (κ2) is 8.79. The molecule has 2 aromatic rings. The fourth-order valence-electron chi connectivity index (χ4n) is 3.42. The van der Waals surface area contributed by atoms with Crippen LogP contribution in [-0.2, 0) is 23.8 Å². The van der Waals surface area contributed by atoms with Gasteiger partial charge in [-0.1, -0.05) is 47.2 Å². The molecule has 10 heteroatoms. The van der Waals surface area contributed by atoms with Gasteiger partial charge in [-0.15, -0.1) is 0 Å². The van der Waals surface area contributed by atoms with Gasteiger partial charge in [0.25, 0.3) is 10.1 Å². The number of nitrogens with one attached hydrogen (secondary N) is 1. The lowest BCUT2D eigenvalue weighted by molar-refractivity contribution is -0.151. The molecule has 2 aromatic carbocycles. The molecule has 2 aliphatic rings. The van der Waals surface area contributed by atoms with Gasteiger partial charge in [-0.3, -0.25) is 4.18 Å². The number of carbonyl (C=O) groups excluding carboxylic acids is 1. The van der Waals surface area contributed by atoms with Gasteiger partial charge >= 0.3 is 6.09 Å². The Hall–Kier alpha value is -2.11. The maximum absolute atomic E-state index is 12.5. The molecule has 2 saturated heterocycles. The lowest BCUT2D eigenvalue weighted by Gasteiger charge is -2.39. The molecule has 31 heavy (non-hydrogen) atoms. The summed E-state index contributed by atoms with van der Waals surface area (Å²) in [6.45, 7) is 3.41. The van der Waals surface area contributed by atoms with Gasteiger partial charge in [0.2, 0.25) is 0 Å². The van der Waals surface area contributed by atoms with Gasteiger partial charge in [0.1, 0.15) is 23.7 Å². The van der Waals surface area contributed by atoms with E-state index in [1.807, 2.05) is 38.1 Å². The van der Waals surface area contributed by atoms with Gasteiger partial charge in [0, 0.05) is 4.90 Å². The molecule has 2 heterocycles. The molecule has 0 aliphatic carbocycles. The number of carbonyl (C=O) groups is 1. The number of benzene rings is 2. The third-order valence-corrected chi connectivity index (χ3v) is 7.65. The van der Waals surface area contributed by atoms with Crippen LogP contribution in [0.25, 0.3) is 0 Å². The largest absolute Gasteiger partial charge is 0.441 e. The van der Waals surface area contributed by atoms with Crippen LogP contribution in [0, 0.1) is 13.8 Å². The van der Waals surface area contributed by atoms with Crippen LogP contribution < -0.4 is 5.32 Å². The molecule has 0 aromatic heterocycles. The average Bonchev–Trinajstić information content (AvgIpc) is 3.13. The molecular weight excluding hydrogens is 442 g/mol. The Labute approximate surface area is 185 Å². The first-order valence-corrected chi connectivity index (χ1v) is 12.0. The fourth-order valence-corrected chi connectivity index (χ4v) is 5.47. The third kappa shape index (κ3) is 4.88. The normalized spacial score (nSPS) is 28.0. The summed E-state index contributed by atoms with van der Waals surface area (Å²) in [5.74, 6) is 0. The van der Waals surface area contributed by atoms with Crippen LogP contribution in [0.1, 0.15) is 11.1 Å². The second-order valence-electron chi connectivity index (χ2n) is 7.56. The van der Waals surface area contributed by atoms with Crippen molar-refractivity contribution >= 4 is 28.0 Å². The van der Waals surface area contributed by atoms with E-state index >= 15 is 0 Å².